The van der Waals surface area contributed by atoms with Crippen LogP contribution >= 0.6 is 22.9 Å². The van der Waals surface area contributed by atoms with Crippen molar-refractivity contribution in [2.24, 2.45) is 27.3 Å². The van der Waals surface area contributed by atoms with Crippen molar-refractivity contribution in [3.05, 3.63) is 56.8 Å². The Morgan fingerprint density at radius 2 is 2.12 bits per heavy atom. The highest BCUT2D eigenvalue weighted by molar-refractivity contribution is 7.07. The van der Waals surface area contributed by atoms with Gasteiger partial charge in [0.2, 0.25) is 4.80 Å². The maximum absolute atomic E-state index is 6.24. The van der Waals surface area contributed by atoms with Crippen molar-refractivity contribution < 1.29 is 0 Å². The number of para-hydroxylation sites is 1. The van der Waals surface area contributed by atoms with E-state index in [4.69, 9.17) is 21.7 Å². The summed E-state index contributed by atoms with van der Waals surface area (Å²) in [5, 5.41) is 7.48. The van der Waals surface area contributed by atoms with Gasteiger partial charge in [0.25, 0.3) is 0 Å². The molecule has 2 atom stereocenters. The van der Waals surface area contributed by atoms with E-state index >= 15 is 0 Å². The smallest absolute Gasteiger partial charge is 0.211 e. The normalized spacial score (nSPS) is 25.1. The number of hydrogen-bond acceptors (Lipinski definition) is 3. The van der Waals surface area contributed by atoms with Crippen molar-refractivity contribution >= 4 is 34.8 Å². The van der Waals surface area contributed by atoms with Gasteiger partial charge in [0.1, 0.15) is 0 Å². The van der Waals surface area contributed by atoms with Crippen LogP contribution in [0.5, 0.6) is 0 Å². The Morgan fingerprint density at radius 3 is 2.84 bits per heavy atom. The van der Waals surface area contributed by atoms with Crippen molar-refractivity contribution in [2.45, 2.75) is 33.6 Å². The summed E-state index contributed by atoms with van der Waals surface area (Å²) >= 11 is 7.82. The summed E-state index contributed by atoms with van der Waals surface area (Å²) in [7, 11) is 0. The lowest BCUT2D eigenvalue weighted by Crippen LogP contribution is -2.48. The Labute approximate surface area is 157 Å². The highest BCUT2D eigenvalue weighted by Gasteiger charge is 2.50. The molecule has 2 bridgehead atoms. The zero-order valence-corrected chi connectivity index (χ0v) is 16.3. The largest absolute Gasteiger partial charge is 0.218 e. The van der Waals surface area contributed by atoms with E-state index in [-0.39, 0.29) is 0 Å². The van der Waals surface area contributed by atoms with Crippen LogP contribution in [0.4, 0.5) is 5.69 Å². The van der Waals surface area contributed by atoms with E-state index in [1.54, 1.807) is 11.3 Å². The molecule has 0 N–H and O–H groups in total. The summed E-state index contributed by atoms with van der Waals surface area (Å²) in [6.45, 7) is 6.82. The summed E-state index contributed by atoms with van der Waals surface area (Å²) in [6.07, 6.45) is 6.87. The fourth-order valence-electron chi connectivity index (χ4n) is 3.92. The Morgan fingerprint density at radius 1 is 1.32 bits per heavy atom. The molecule has 0 amide bonds. The molecule has 3 aliphatic carbocycles. The third-order valence-corrected chi connectivity index (χ3v) is 7.01. The van der Waals surface area contributed by atoms with Gasteiger partial charge in [-0.2, -0.15) is 5.10 Å². The predicted octanol–water partition coefficient (Wildman–Crippen LogP) is 5.57. The zero-order valence-electron chi connectivity index (χ0n) is 14.7. The third-order valence-electron chi connectivity index (χ3n) is 5.75. The second-order valence-electron chi connectivity index (χ2n) is 7.53. The van der Waals surface area contributed by atoms with E-state index < -0.39 is 0 Å². The Hall–Kier alpha value is -1.65. The SMILES string of the molecule is Cc1csc(=Nc2ccccc2Cl)n1N=CC1=CCC2CC1C2(C)C. The quantitative estimate of drug-likeness (QED) is 0.631. The molecular weight excluding hydrogens is 350 g/mol. The Kier molecular flexibility index (Phi) is 4.20. The van der Waals surface area contributed by atoms with E-state index in [9.17, 15) is 0 Å². The van der Waals surface area contributed by atoms with Crippen LogP contribution in [0.3, 0.4) is 0 Å². The fraction of sp³-hybridized carbons (Fsp3) is 0.400. The minimum atomic E-state index is 0.412. The number of halogens is 1. The maximum atomic E-state index is 6.24. The number of nitrogens with zero attached hydrogens (tertiary/aromatic N) is 3. The molecule has 130 valence electrons. The second kappa shape index (κ2) is 6.26. The molecule has 25 heavy (non-hydrogen) atoms. The third kappa shape index (κ3) is 2.91. The first-order valence-electron chi connectivity index (χ1n) is 8.67. The number of allylic oxidation sites excluding steroid dienone is 2. The van der Waals surface area contributed by atoms with Crippen LogP contribution in [0.15, 0.2) is 51.4 Å². The van der Waals surface area contributed by atoms with Gasteiger partial charge in [0, 0.05) is 5.38 Å². The topological polar surface area (TPSA) is 29.6 Å². The van der Waals surface area contributed by atoms with Crippen molar-refractivity contribution in [1.82, 2.24) is 4.68 Å². The molecule has 1 fully saturated rings. The molecule has 1 aromatic carbocycles. The fourth-order valence-corrected chi connectivity index (χ4v) is 4.91. The van der Waals surface area contributed by atoms with E-state index in [0.29, 0.717) is 16.4 Å². The average Bonchev–Trinajstić information content (AvgIpc) is 2.95. The standard InChI is InChI=1S/C20H22ClN3S/c1-13-12-25-19(23-18-7-5-4-6-17(18)21)24(13)22-11-14-8-9-15-10-16(14)20(15,2)3/h4-8,11-12,15-16H,9-10H2,1-3H3. The second-order valence-corrected chi connectivity index (χ2v) is 8.77. The van der Waals surface area contributed by atoms with Crippen molar-refractivity contribution in [2.75, 3.05) is 0 Å². The molecule has 0 radical (unpaired) electrons. The van der Waals surface area contributed by atoms with E-state index in [1.165, 1.54) is 18.4 Å². The molecule has 0 saturated heterocycles. The van der Waals surface area contributed by atoms with Crippen molar-refractivity contribution in [1.29, 1.82) is 0 Å². The van der Waals surface area contributed by atoms with Gasteiger partial charge >= 0.3 is 0 Å². The number of thiazole rings is 1. The van der Waals surface area contributed by atoms with Crippen LogP contribution in [0, 0.1) is 24.2 Å². The van der Waals surface area contributed by atoms with Crippen LogP contribution < -0.4 is 4.80 Å². The summed E-state index contributed by atoms with van der Waals surface area (Å²) in [5.74, 6) is 1.48. The maximum Gasteiger partial charge on any atom is 0.211 e. The van der Waals surface area contributed by atoms with Crippen LogP contribution in [-0.2, 0) is 0 Å². The van der Waals surface area contributed by atoms with E-state index in [0.717, 1.165) is 22.1 Å². The molecule has 2 aromatic rings. The molecule has 3 aliphatic rings. The first-order valence-corrected chi connectivity index (χ1v) is 9.93. The van der Waals surface area contributed by atoms with Crippen molar-refractivity contribution in [3.8, 4) is 0 Å². The molecule has 1 aromatic heterocycles. The van der Waals surface area contributed by atoms with Gasteiger partial charge in [0.15, 0.2) is 0 Å². The van der Waals surface area contributed by atoms with Gasteiger partial charge in [-0.25, -0.2) is 9.67 Å². The lowest BCUT2D eigenvalue weighted by molar-refractivity contribution is -0.00127. The number of hydrogen-bond donors (Lipinski definition) is 0. The molecule has 0 spiro atoms. The Balaban J connectivity index is 1.67. The first kappa shape index (κ1) is 16.8. The summed E-state index contributed by atoms with van der Waals surface area (Å²) in [6, 6.07) is 7.64. The van der Waals surface area contributed by atoms with Gasteiger partial charge in [-0.3, -0.25) is 0 Å². The van der Waals surface area contributed by atoms with E-state index in [1.807, 2.05) is 35.2 Å². The number of rotatable bonds is 3. The van der Waals surface area contributed by atoms with Gasteiger partial charge in [-0.15, -0.1) is 11.3 Å². The van der Waals surface area contributed by atoms with Crippen LogP contribution in [0.25, 0.3) is 0 Å². The monoisotopic (exact) mass is 371 g/mol. The summed E-state index contributed by atoms with van der Waals surface area (Å²) in [4.78, 5) is 5.54. The molecule has 1 saturated carbocycles. The summed E-state index contributed by atoms with van der Waals surface area (Å²) < 4.78 is 1.91. The van der Waals surface area contributed by atoms with E-state index in [2.05, 4.69) is 32.2 Å². The zero-order chi connectivity index (χ0) is 17.6. The highest BCUT2D eigenvalue weighted by atomic mass is 35.5. The molecule has 3 nitrogen and oxygen atoms in total. The highest BCUT2D eigenvalue weighted by Crippen LogP contribution is 2.58. The molecular formula is C20H22ClN3S. The predicted molar refractivity (Wildman–Crippen MR) is 106 cm³/mol. The van der Waals surface area contributed by atoms with Gasteiger partial charge in [-0.05, 0) is 54.7 Å². The molecule has 0 aliphatic heterocycles. The van der Waals surface area contributed by atoms with Crippen LogP contribution in [0.1, 0.15) is 32.4 Å². The van der Waals surface area contributed by atoms with Gasteiger partial charge < -0.3 is 0 Å². The van der Waals surface area contributed by atoms with Crippen LogP contribution in [0.2, 0.25) is 5.02 Å². The molecule has 1 heterocycles. The average molecular weight is 372 g/mol. The Bertz CT molecular complexity index is 932. The molecule has 2 unspecified atom stereocenters. The van der Waals surface area contributed by atoms with Gasteiger partial charge in [0.05, 0.1) is 22.6 Å². The number of aromatic nitrogens is 1. The first-order chi connectivity index (χ1) is 12.0. The minimum Gasteiger partial charge on any atom is -0.218 e. The number of fused-ring (bicyclic) bond motifs is 1. The number of benzene rings is 1. The minimum absolute atomic E-state index is 0.412. The van der Waals surface area contributed by atoms with Crippen molar-refractivity contribution in [3.63, 3.8) is 0 Å². The lowest BCUT2D eigenvalue weighted by Gasteiger charge is -2.55. The molecule has 5 rings (SSSR count). The lowest BCUT2D eigenvalue weighted by atomic mass is 9.49. The number of aryl methyl sites for hydroxylation is 1. The van der Waals surface area contributed by atoms with Gasteiger partial charge in [-0.1, -0.05) is 43.7 Å². The van der Waals surface area contributed by atoms with Crippen LogP contribution in [-0.4, -0.2) is 10.9 Å². The summed E-state index contributed by atoms with van der Waals surface area (Å²) in [5.41, 5.74) is 3.63. The molecule has 5 heteroatoms.